The van der Waals surface area contributed by atoms with Gasteiger partial charge >= 0.3 is 0 Å². The molecule has 0 aliphatic heterocycles. The average Bonchev–Trinajstić information content (AvgIpc) is 2.23. The molecule has 0 amide bonds. The minimum atomic E-state index is 0.663. The number of nitrogens with zero attached hydrogens (tertiary/aromatic N) is 1. The lowest BCUT2D eigenvalue weighted by Crippen LogP contribution is -2.35. The van der Waals surface area contributed by atoms with Gasteiger partial charge in [0.05, 0.1) is 0 Å². The summed E-state index contributed by atoms with van der Waals surface area (Å²) in [6, 6.07) is 0.663. The number of rotatable bonds is 10. The van der Waals surface area contributed by atoms with Crippen molar-refractivity contribution >= 4 is 11.8 Å². The summed E-state index contributed by atoms with van der Waals surface area (Å²) in [5.74, 6) is 2.06. The zero-order valence-corrected chi connectivity index (χ0v) is 12.6. The highest BCUT2D eigenvalue weighted by molar-refractivity contribution is 7.98. The van der Waals surface area contributed by atoms with E-state index in [9.17, 15) is 0 Å². The van der Waals surface area contributed by atoms with E-state index in [-0.39, 0.29) is 0 Å². The fourth-order valence-corrected chi connectivity index (χ4v) is 2.04. The molecule has 0 aromatic rings. The van der Waals surface area contributed by atoms with E-state index in [4.69, 9.17) is 0 Å². The van der Waals surface area contributed by atoms with Gasteiger partial charge in [-0.05, 0) is 39.0 Å². The number of nitrogens with one attached hydrogen (secondary N) is 1. The molecule has 0 spiro atoms. The maximum Gasteiger partial charge on any atom is 0.0104 e. The zero-order valence-electron chi connectivity index (χ0n) is 11.8. The van der Waals surface area contributed by atoms with Crippen LogP contribution in [0, 0.1) is 5.92 Å². The molecular weight excluding hydrogens is 216 g/mol. The van der Waals surface area contributed by atoms with Crippen molar-refractivity contribution in [2.45, 2.75) is 39.7 Å². The lowest BCUT2D eigenvalue weighted by atomic mass is 10.0. The van der Waals surface area contributed by atoms with E-state index in [0.717, 1.165) is 19.0 Å². The Morgan fingerprint density at radius 2 is 1.81 bits per heavy atom. The molecule has 1 atom stereocenters. The molecule has 0 bridgehead atoms. The number of hydrogen-bond donors (Lipinski definition) is 1. The monoisotopic (exact) mass is 246 g/mol. The Hall–Kier alpha value is 0.270. The van der Waals surface area contributed by atoms with E-state index in [1.165, 1.54) is 25.1 Å². The van der Waals surface area contributed by atoms with Gasteiger partial charge in [0.15, 0.2) is 0 Å². The van der Waals surface area contributed by atoms with Crippen molar-refractivity contribution in [2.75, 3.05) is 38.7 Å². The third-order valence-corrected chi connectivity index (χ3v) is 3.43. The highest BCUT2D eigenvalue weighted by Crippen LogP contribution is 2.05. The van der Waals surface area contributed by atoms with E-state index in [2.05, 4.69) is 44.3 Å². The lowest BCUT2D eigenvalue weighted by molar-refractivity contribution is 0.338. The molecule has 16 heavy (non-hydrogen) atoms. The molecule has 0 radical (unpaired) electrons. The van der Waals surface area contributed by atoms with Crippen molar-refractivity contribution in [1.29, 1.82) is 0 Å². The smallest absolute Gasteiger partial charge is 0.0104 e. The van der Waals surface area contributed by atoms with Gasteiger partial charge in [0, 0.05) is 31.4 Å². The SMILES string of the molecule is CSCCN(C)CCNC(C)CCC(C)C. The Kier molecular flexibility index (Phi) is 10.6. The van der Waals surface area contributed by atoms with Gasteiger partial charge in [0.1, 0.15) is 0 Å². The maximum absolute atomic E-state index is 3.60. The summed E-state index contributed by atoms with van der Waals surface area (Å²) in [7, 11) is 2.21. The molecule has 98 valence electrons. The summed E-state index contributed by atoms with van der Waals surface area (Å²) >= 11 is 1.92. The first-order valence-corrected chi connectivity index (χ1v) is 7.86. The van der Waals surface area contributed by atoms with Gasteiger partial charge in [0.25, 0.3) is 0 Å². The number of thioether (sulfide) groups is 1. The molecule has 0 fully saturated rings. The predicted molar refractivity (Wildman–Crippen MR) is 77.4 cm³/mol. The molecule has 1 unspecified atom stereocenters. The van der Waals surface area contributed by atoms with Crippen LogP contribution in [0.2, 0.25) is 0 Å². The molecular formula is C13H30N2S. The second-order valence-electron chi connectivity index (χ2n) is 5.12. The summed E-state index contributed by atoms with van der Waals surface area (Å²) in [6.07, 6.45) is 4.79. The van der Waals surface area contributed by atoms with Crippen LogP contribution in [-0.4, -0.2) is 49.6 Å². The first kappa shape index (κ1) is 16.3. The number of hydrogen-bond acceptors (Lipinski definition) is 3. The molecule has 0 aliphatic carbocycles. The molecule has 0 rings (SSSR count). The second kappa shape index (κ2) is 10.4. The van der Waals surface area contributed by atoms with Gasteiger partial charge in [-0.3, -0.25) is 0 Å². The topological polar surface area (TPSA) is 15.3 Å². The average molecular weight is 246 g/mol. The Morgan fingerprint density at radius 1 is 1.12 bits per heavy atom. The first-order chi connectivity index (χ1) is 7.56. The van der Waals surface area contributed by atoms with Crippen LogP contribution in [0.1, 0.15) is 33.6 Å². The molecule has 0 heterocycles. The van der Waals surface area contributed by atoms with Crippen LogP contribution in [0.15, 0.2) is 0 Å². The van der Waals surface area contributed by atoms with Crippen LogP contribution in [-0.2, 0) is 0 Å². The fraction of sp³-hybridized carbons (Fsp3) is 1.00. The summed E-state index contributed by atoms with van der Waals surface area (Å²) < 4.78 is 0. The minimum absolute atomic E-state index is 0.663. The van der Waals surface area contributed by atoms with E-state index >= 15 is 0 Å². The number of likely N-dealkylation sites (N-methyl/N-ethyl adjacent to an activating group) is 1. The maximum atomic E-state index is 3.60. The predicted octanol–water partition coefficient (Wildman–Crippen LogP) is 2.70. The zero-order chi connectivity index (χ0) is 12.4. The molecule has 0 aliphatic rings. The summed E-state index contributed by atoms with van der Waals surface area (Å²) in [4.78, 5) is 2.40. The van der Waals surface area contributed by atoms with E-state index in [1.54, 1.807) is 0 Å². The van der Waals surface area contributed by atoms with Gasteiger partial charge in [0.2, 0.25) is 0 Å². The van der Waals surface area contributed by atoms with E-state index in [0.29, 0.717) is 6.04 Å². The standard InChI is InChI=1S/C13H30N2S/c1-12(2)6-7-13(3)14-8-9-15(4)10-11-16-5/h12-14H,6-11H2,1-5H3. The van der Waals surface area contributed by atoms with Crippen LogP contribution in [0.5, 0.6) is 0 Å². The quantitative estimate of drug-likeness (QED) is 0.638. The third kappa shape index (κ3) is 10.8. The summed E-state index contributed by atoms with van der Waals surface area (Å²) in [5.41, 5.74) is 0. The molecule has 0 aromatic carbocycles. The minimum Gasteiger partial charge on any atom is -0.313 e. The van der Waals surface area contributed by atoms with Gasteiger partial charge < -0.3 is 10.2 Å². The molecule has 1 N–H and O–H groups in total. The van der Waals surface area contributed by atoms with Crippen LogP contribution in [0.25, 0.3) is 0 Å². The molecule has 0 saturated heterocycles. The molecule has 0 saturated carbocycles. The van der Waals surface area contributed by atoms with Gasteiger partial charge in [-0.2, -0.15) is 11.8 Å². The second-order valence-corrected chi connectivity index (χ2v) is 6.11. The Labute approximate surface area is 107 Å². The Balaban J connectivity index is 3.35. The Bertz CT molecular complexity index is 151. The van der Waals surface area contributed by atoms with Crippen molar-refractivity contribution < 1.29 is 0 Å². The van der Waals surface area contributed by atoms with E-state index in [1.807, 2.05) is 11.8 Å². The molecule has 3 heteroatoms. The summed E-state index contributed by atoms with van der Waals surface area (Å²) in [5, 5.41) is 3.60. The van der Waals surface area contributed by atoms with Gasteiger partial charge in [-0.1, -0.05) is 13.8 Å². The molecule has 2 nitrogen and oxygen atoms in total. The third-order valence-electron chi connectivity index (χ3n) is 2.84. The fourth-order valence-electron chi connectivity index (χ4n) is 1.55. The van der Waals surface area contributed by atoms with Crippen molar-refractivity contribution in [3.8, 4) is 0 Å². The van der Waals surface area contributed by atoms with Gasteiger partial charge in [-0.25, -0.2) is 0 Å². The van der Waals surface area contributed by atoms with Crippen LogP contribution >= 0.6 is 11.8 Å². The van der Waals surface area contributed by atoms with Crippen LogP contribution in [0.4, 0.5) is 0 Å². The van der Waals surface area contributed by atoms with Crippen molar-refractivity contribution in [2.24, 2.45) is 5.92 Å². The highest BCUT2D eigenvalue weighted by atomic mass is 32.2. The summed E-state index contributed by atoms with van der Waals surface area (Å²) in [6.45, 7) is 10.4. The largest absolute Gasteiger partial charge is 0.313 e. The lowest BCUT2D eigenvalue weighted by Gasteiger charge is -2.19. The van der Waals surface area contributed by atoms with Gasteiger partial charge in [-0.15, -0.1) is 0 Å². The van der Waals surface area contributed by atoms with E-state index < -0.39 is 0 Å². The van der Waals surface area contributed by atoms with Crippen LogP contribution in [0.3, 0.4) is 0 Å². The normalized spacial score (nSPS) is 13.7. The van der Waals surface area contributed by atoms with Crippen molar-refractivity contribution in [1.82, 2.24) is 10.2 Å². The highest BCUT2D eigenvalue weighted by Gasteiger charge is 2.03. The van der Waals surface area contributed by atoms with Crippen molar-refractivity contribution in [3.63, 3.8) is 0 Å². The van der Waals surface area contributed by atoms with Crippen LogP contribution < -0.4 is 5.32 Å². The Morgan fingerprint density at radius 3 is 2.38 bits per heavy atom. The first-order valence-electron chi connectivity index (χ1n) is 6.47. The van der Waals surface area contributed by atoms with Crippen molar-refractivity contribution in [3.05, 3.63) is 0 Å². The molecule has 0 aromatic heterocycles.